The molecule has 126 valence electrons. The van der Waals surface area contributed by atoms with Crippen LogP contribution in [0.3, 0.4) is 0 Å². The number of nitrogens with one attached hydrogen (secondary N) is 1. The molecule has 5 nitrogen and oxygen atoms in total. The summed E-state index contributed by atoms with van der Waals surface area (Å²) in [6.45, 7) is 5.90. The van der Waals surface area contributed by atoms with Crippen LogP contribution in [0.25, 0.3) is 22.5 Å². The van der Waals surface area contributed by atoms with Gasteiger partial charge in [-0.25, -0.2) is 0 Å². The summed E-state index contributed by atoms with van der Waals surface area (Å²) in [6, 6.07) is 12.1. The number of nitrogens with zero attached hydrogens (tertiary/aromatic N) is 3. The third-order valence-electron chi connectivity index (χ3n) is 4.97. The predicted octanol–water partition coefficient (Wildman–Crippen LogP) is 3.70. The number of aryl methyl sites for hydroxylation is 1. The molecule has 0 bridgehead atoms. The smallest absolute Gasteiger partial charge is 0.236 e. The number of aromatic nitrogens is 3. The maximum atomic E-state index is 12.4. The molecule has 2 aromatic heterocycles. The van der Waals surface area contributed by atoms with Gasteiger partial charge in [-0.15, -0.1) is 0 Å². The van der Waals surface area contributed by atoms with Crippen molar-refractivity contribution in [2.45, 2.75) is 26.2 Å². The highest BCUT2D eigenvalue weighted by Gasteiger charge is 2.42. The Morgan fingerprint density at radius 2 is 1.84 bits per heavy atom. The van der Waals surface area contributed by atoms with E-state index < -0.39 is 5.41 Å². The lowest BCUT2D eigenvalue weighted by atomic mass is 9.85. The second kappa shape index (κ2) is 5.28. The van der Waals surface area contributed by atoms with Gasteiger partial charge in [-0.2, -0.15) is 5.10 Å². The Balaban J connectivity index is 1.73. The number of carbonyl (C=O) groups is 1. The van der Waals surface area contributed by atoms with Crippen LogP contribution in [0, 0.1) is 6.92 Å². The highest BCUT2D eigenvalue weighted by molar-refractivity contribution is 6.07. The Kier molecular flexibility index (Phi) is 3.29. The molecule has 1 aromatic carbocycles. The molecule has 3 heterocycles. The molecule has 0 saturated heterocycles. The van der Waals surface area contributed by atoms with Gasteiger partial charge in [0.25, 0.3) is 0 Å². The summed E-state index contributed by atoms with van der Waals surface area (Å²) in [6.07, 6.45) is 1.83. The van der Waals surface area contributed by atoms with Crippen molar-refractivity contribution in [2.24, 2.45) is 0 Å². The normalized spacial score (nSPS) is 15.5. The number of amides is 1. The molecule has 1 N–H and O–H groups in total. The van der Waals surface area contributed by atoms with Crippen molar-refractivity contribution in [2.75, 3.05) is 11.9 Å². The molecular formula is C20H20N4O. The fourth-order valence-corrected chi connectivity index (χ4v) is 3.39. The molecular weight excluding hydrogens is 312 g/mol. The Morgan fingerprint density at radius 3 is 2.56 bits per heavy atom. The molecule has 0 fully saturated rings. The number of rotatable bonds is 2. The van der Waals surface area contributed by atoms with Crippen LogP contribution >= 0.6 is 0 Å². The third kappa shape index (κ3) is 2.35. The molecule has 0 unspecified atom stereocenters. The van der Waals surface area contributed by atoms with Gasteiger partial charge in [0.05, 0.1) is 16.8 Å². The lowest BCUT2D eigenvalue weighted by Gasteiger charge is -2.16. The zero-order valence-electron chi connectivity index (χ0n) is 14.8. The van der Waals surface area contributed by atoms with Crippen LogP contribution in [-0.4, -0.2) is 28.1 Å². The Labute approximate surface area is 146 Å². The molecule has 0 radical (unpaired) electrons. The van der Waals surface area contributed by atoms with Crippen LogP contribution in [0.5, 0.6) is 0 Å². The van der Waals surface area contributed by atoms with E-state index in [2.05, 4.69) is 15.2 Å². The standard InChI is InChI=1S/C20H20N4O/c1-12-5-6-14(11-21-12)17-10-16(22-23-17)13-7-8-15-18(9-13)24(4)19(25)20(15,2)3/h5-11H,1-4H3,(H,22,23). The van der Waals surface area contributed by atoms with E-state index in [1.54, 1.807) is 4.90 Å². The van der Waals surface area contributed by atoms with Gasteiger partial charge in [0, 0.05) is 35.8 Å². The van der Waals surface area contributed by atoms with Crippen LogP contribution in [-0.2, 0) is 10.2 Å². The van der Waals surface area contributed by atoms with E-state index in [4.69, 9.17) is 0 Å². The van der Waals surface area contributed by atoms with Crippen molar-refractivity contribution < 1.29 is 4.79 Å². The SMILES string of the molecule is Cc1ccc(-c2cc(-c3ccc4c(c3)N(C)C(=O)C4(C)C)[nH]n2)cn1. The van der Waals surface area contributed by atoms with E-state index in [-0.39, 0.29) is 5.91 Å². The molecule has 0 saturated carbocycles. The van der Waals surface area contributed by atoms with E-state index in [1.807, 2.05) is 70.4 Å². The summed E-state index contributed by atoms with van der Waals surface area (Å²) in [5.74, 6) is 0.121. The predicted molar refractivity (Wildman–Crippen MR) is 98.4 cm³/mol. The fraction of sp³-hybridized carbons (Fsp3) is 0.250. The number of likely N-dealkylation sites (N-methyl/N-ethyl adjacent to an activating group) is 1. The van der Waals surface area contributed by atoms with Gasteiger partial charge < -0.3 is 4.90 Å². The van der Waals surface area contributed by atoms with E-state index in [9.17, 15) is 4.79 Å². The van der Waals surface area contributed by atoms with Gasteiger partial charge in [0.15, 0.2) is 0 Å². The van der Waals surface area contributed by atoms with E-state index in [0.29, 0.717) is 0 Å². The molecule has 4 rings (SSSR count). The first-order valence-corrected chi connectivity index (χ1v) is 8.29. The third-order valence-corrected chi connectivity index (χ3v) is 4.97. The average molecular weight is 332 g/mol. The van der Waals surface area contributed by atoms with E-state index in [1.165, 1.54) is 0 Å². The van der Waals surface area contributed by atoms with Crippen LogP contribution in [0.15, 0.2) is 42.6 Å². The Morgan fingerprint density at radius 1 is 1.08 bits per heavy atom. The molecule has 5 heteroatoms. The molecule has 25 heavy (non-hydrogen) atoms. The van der Waals surface area contributed by atoms with E-state index >= 15 is 0 Å². The topological polar surface area (TPSA) is 61.9 Å². The lowest BCUT2D eigenvalue weighted by molar-refractivity contribution is -0.121. The van der Waals surface area contributed by atoms with E-state index in [0.717, 1.165) is 39.5 Å². The molecule has 3 aromatic rings. The summed E-state index contributed by atoms with van der Waals surface area (Å²) in [4.78, 5) is 18.5. The van der Waals surface area contributed by atoms with Gasteiger partial charge in [-0.05, 0) is 50.6 Å². The number of hydrogen-bond acceptors (Lipinski definition) is 3. The van der Waals surface area contributed by atoms with Crippen molar-refractivity contribution in [1.82, 2.24) is 15.2 Å². The maximum absolute atomic E-state index is 12.4. The summed E-state index contributed by atoms with van der Waals surface area (Å²) < 4.78 is 0. The fourth-order valence-electron chi connectivity index (χ4n) is 3.39. The van der Waals surface area contributed by atoms with Gasteiger partial charge >= 0.3 is 0 Å². The van der Waals surface area contributed by atoms with Crippen molar-refractivity contribution in [3.8, 4) is 22.5 Å². The highest BCUT2D eigenvalue weighted by Crippen LogP contribution is 2.42. The summed E-state index contributed by atoms with van der Waals surface area (Å²) in [5, 5.41) is 7.49. The number of carbonyl (C=O) groups excluding carboxylic acids is 1. The first-order valence-electron chi connectivity index (χ1n) is 8.29. The summed E-state index contributed by atoms with van der Waals surface area (Å²) in [5.41, 5.74) is 6.28. The second-order valence-electron chi connectivity index (χ2n) is 7.08. The maximum Gasteiger partial charge on any atom is 0.236 e. The zero-order valence-corrected chi connectivity index (χ0v) is 14.8. The molecule has 0 atom stereocenters. The first-order chi connectivity index (χ1) is 11.9. The number of aromatic amines is 1. The molecule has 0 spiro atoms. The number of hydrogen-bond donors (Lipinski definition) is 1. The largest absolute Gasteiger partial charge is 0.314 e. The Hall–Kier alpha value is -2.95. The second-order valence-corrected chi connectivity index (χ2v) is 7.08. The quantitative estimate of drug-likeness (QED) is 0.778. The Bertz CT molecular complexity index is 970. The minimum Gasteiger partial charge on any atom is -0.314 e. The van der Waals surface area contributed by atoms with Crippen LogP contribution in [0.1, 0.15) is 25.1 Å². The van der Waals surface area contributed by atoms with Crippen molar-refractivity contribution in [3.05, 3.63) is 53.9 Å². The lowest BCUT2D eigenvalue weighted by Crippen LogP contribution is -2.33. The minimum atomic E-state index is -0.477. The number of benzene rings is 1. The molecule has 1 amide bonds. The summed E-state index contributed by atoms with van der Waals surface area (Å²) in [7, 11) is 1.83. The van der Waals surface area contributed by atoms with Gasteiger partial charge in [0.1, 0.15) is 0 Å². The zero-order chi connectivity index (χ0) is 17.8. The summed E-state index contributed by atoms with van der Waals surface area (Å²) >= 11 is 0. The van der Waals surface area contributed by atoms with Crippen molar-refractivity contribution in [1.29, 1.82) is 0 Å². The van der Waals surface area contributed by atoms with Crippen LogP contribution in [0.4, 0.5) is 5.69 Å². The highest BCUT2D eigenvalue weighted by atomic mass is 16.2. The van der Waals surface area contributed by atoms with Gasteiger partial charge in [-0.3, -0.25) is 14.9 Å². The monoisotopic (exact) mass is 332 g/mol. The van der Waals surface area contributed by atoms with Crippen LogP contribution in [0.2, 0.25) is 0 Å². The molecule has 1 aliphatic rings. The number of anilines is 1. The average Bonchev–Trinajstić information content (AvgIpc) is 3.15. The number of H-pyrrole nitrogens is 1. The van der Waals surface area contributed by atoms with Crippen molar-refractivity contribution >= 4 is 11.6 Å². The van der Waals surface area contributed by atoms with Gasteiger partial charge in [0.2, 0.25) is 5.91 Å². The van der Waals surface area contributed by atoms with Crippen LogP contribution < -0.4 is 4.90 Å². The van der Waals surface area contributed by atoms with Crippen molar-refractivity contribution in [3.63, 3.8) is 0 Å². The molecule has 1 aliphatic heterocycles. The minimum absolute atomic E-state index is 0.121. The number of pyridine rings is 1. The number of fused-ring (bicyclic) bond motifs is 1. The molecule has 0 aliphatic carbocycles. The van der Waals surface area contributed by atoms with Gasteiger partial charge in [-0.1, -0.05) is 12.1 Å². The first kappa shape index (κ1) is 15.6.